The minimum atomic E-state index is -0.558. The molecule has 17 heavy (non-hydrogen) atoms. The van der Waals surface area contributed by atoms with Gasteiger partial charge in [0.15, 0.2) is 0 Å². The Morgan fingerprint density at radius 1 is 1.12 bits per heavy atom. The molecule has 1 aromatic carbocycles. The zero-order valence-electron chi connectivity index (χ0n) is 10.3. The third kappa shape index (κ3) is 5.60. The summed E-state index contributed by atoms with van der Waals surface area (Å²) >= 11 is 0. The molecular weight excluding hydrogens is 224 g/mol. The molecule has 0 aromatic heterocycles. The lowest BCUT2D eigenvalue weighted by Gasteiger charge is -2.11. The van der Waals surface area contributed by atoms with Crippen molar-refractivity contribution in [3.63, 3.8) is 0 Å². The molecule has 1 aromatic rings. The third-order valence-electron chi connectivity index (χ3n) is 2.28. The number of rotatable bonds is 7. The van der Waals surface area contributed by atoms with Gasteiger partial charge < -0.3 is 15.5 Å². The summed E-state index contributed by atoms with van der Waals surface area (Å²) in [6.07, 6.45) is 0. The molecule has 0 saturated heterocycles. The lowest BCUT2D eigenvalue weighted by molar-refractivity contribution is 0.402. The van der Waals surface area contributed by atoms with Crippen LogP contribution in [0.1, 0.15) is 0 Å². The van der Waals surface area contributed by atoms with E-state index >= 15 is 0 Å². The van der Waals surface area contributed by atoms with E-state index in [1.54, 1.807) is 0 Å². The van der Waals surface area contributed by atoms with Gasteiger partial charge in [0, 0.05) is 32.2 Å². The molecule has 0 spiro atoms. The van der Waals surface area contributed by atoms with Crippen molar-refractivity contribution in [1.82, 2.24) is 10.2 Å². The van der Waals surface area contributed by atoms with Crippen LogP contribution in [0, 0.1) is 11.6 Å². The molecule has 2 N–H and O–H groups in total. The SMILES string of the molecule is CN(C)CCNCCNc1ccc(F)cc1F. The molecule has 96 valence electrons. The second kappa shape index (κ2) is 7.19. The molecule has 5 heteroatoms. The first-order valence-corrected chi connectivity index (χ1v) is 5.64. The summed E-state index contributed by atoms with van der Waals surface area (Å²) in [6.45, 7) is 3.20. The van der Waals surface area contributed by atoms with Crippen molar-refractivity contribution >= 4 is 5.69 Å². The standard InChI is InChI=1S/C12H19F2N3/c1-17(2)8-7-15-5-6-16-12-4-3-10(13)9-11(12)14/h3-4,9,15-16H,5-8H2,1-2H3. The molecule has 0 fully saturated rings. The van der Waals surface area contributed by atoms with Gasteiger partial charge in [0.2, 0.25) is 0 Å². The van der Waals surface area contributed by atoms with Gasteiger partial charge in [-0.3, -0.25) is 0 Å². The molecule has 0 heterocycles. The average Bonchev–Trinajstić information content (AvgIpc) is 2.25. The number of likely N-dealkylation sites (N-methyl/N-ethyl adjacent to an activating group) is 1. The predicted octanol–water partition coefficient (Wildman–Crippen LogP) is 1.53. The first-order valence-electron chi connectivity index (χ1n) is 5.64. The summed E-state index contributed by atoms with van der Waals surface area (Å²) in [6, 6.07) is 3.52. The molecular formula is C12H19F2N3. The Morgan fingerprint density at radius 2 is 1.88 bits per heavy atom. The van der Waals surface area contributed by atoms with E-state index in [4.69, 9.17) is 0 Å². The molecule has 0 aliphatic rings. The first kappa shape index (κ1) is 13.9. The van der Waals surface area contributed by atoms with Crippen molar-refractivity contribution in [3.8, 4) is 0 Å². The number of halogens is 2. The van der Waals surface area contributed by atoms with Crippen molar-refractivity contribution in [2.24, 2.45) is 0 Å². The highest BCUT2D eigenvalue weighted by molar-refractivity contribution is 5.44. The molecule has 0 amide bonds. The molecule has 0 aliphatic carbocycles. The van der Waals surface area contributed by atoms with Gasteiger partial charge in [-0.25, -0.2) is 8.78 Å². The Labute approximate surface area is 101 Å². The zero-order chi connectivity index (χ0) is 12.7. The van der Waals surface area contributed by atoms with Crippen LogP contribution >= 0.6 is 0 Å². The first-order chi connectivity index (χ1) is 8.09. The van der Waals surface area contributed by atoms with Gasteiger partial charge in [-0.05, 0) is 26.2 Å². The molecule has 0 bridgehead atoms. The van der Waals surface area contributed by atoms with E-state index in [1.165, 1.54) is 12.1 Å². The van der Waals surface area contributed by atoms with E-state index in [1.807, 2.05) is 14.1 Å². The van der Waals surface area contributed by atoms with Crippen molar-refractivity contribution in [2.45, 2.75) is 0 Å². The van der Waals surface area contributed by atoms with Gasteiger partial charge in [-0.15, -0.1) is 0 Å². The van der Waals surface area contributed by atoms with Gasteiger partial charge in [-0.2, -0.15) is 0 Å². The van der Waals surface area contributed by atoms with E-state index in [0.717, 1.165) is 25.7 Å². The van der Waals surface area contributed by atoms with Gasteiger partial charge >= 0.3 is 0 Å². The van der Waals surface area contributed by atoms with Crippen LogP contribution in [0.5, 0.6) is 0 Å². The molecule has 0 atom stereocenters. The third-order valence-corrected chi connectivity index (χ3v) is 2.28. The number of hydrogen-bond donors (Lipinski definition) is 2. The molecule has 0 saturated carbocycles. The second-order valence-corrected chi connectivity index (χ2v) is 4.10. The number of anilines is 1. The summed E-state index contributed by atoms with van der Waals surface area (Å²) in [7, 11) is 4.02. The van der Waals surface area contributed by atoms with Crippen LogP contribution in [-0.2, 0) is 0 Å². The Balaban J connectivity index is 2.18. The zero-order valence-corrected chi connectivity index (χ0v) is 10.3. The van der Waals surface area contributed by atoms with E-state index in [9.17, 15) is 8.78 Å². The van der Waals surface area contributed by atoms with Crippen LogP contribution in [0.15, 0.2) is 18.2 Å². The van der Waals surface area contributed by atoms with E-state index in [2.05, 4.69) is 15.5 Å². The van der Waals surface area contributed by atoms with E-state index in [0.29, 0.717) is 12.2 Å². The summed E-state index contributed by atoms with van der Waals surface area (Å²) < 4.78 is 25.8. The predicted molar refractivity (Wildman–Crippen MR) is 66.3 cm³/mol. The van der Waals surface area contributed by atoms with Crippen molar-refractivity contribution < 1.29 is 8.78 Å². The molecule has 0 radical (unpaired) electrons. The quantitative estimate of drug-likeness (QED) is 0.711. The monoisotopic (exact) mass is 243 g/mol. The molecule has 1 rings (SSSR count). The maximum absolute atomic E-state index is 13.2. The van der Waals surface area contributed by atoms with Crippen LogP contribution in [0.4, 0.5) is 14.5 Å². The average molecular weight is 243 g/mol. The van der Waals surface area contributed by atoms with E-state index < -0.39 is 11.6 Å². The highest BCUT2D eigenvalue weighted by Gasteiger charge is 2.01. The highest BCUT2D eigenvalue weighted by Crippen LogP contribution is 2.13. The fraction of sp³-hybridized carbons (Fsp3) is 0.500. The summed E-state index contributed by atoms with van der Waals surface area (Å²) in [4.78, 5) is 2.08. The lowest BCUT2D eigenvalue weighted by Crippen LogP contribution is -2.30. The maximum Gasteiger partial charge on any atom is 0.149 e. The second-order valence-electron chi connectivity index (χ2n) is 4.10. The minimum Gasteiger partial charge on any atom is -0.381 e. The van der Waals surface area contributed by atoms with Crippen molar-refractivity contribution in [2.75, 3.05) is 45.6 Å². The summed E-state index contributed by atoms with van der Waals surface area (Å²) in [5.74, 6) is -1.12. The Bertz CT molecular complexity index is 343. The summed E-state index contributed by atoms with van der Waals surface area (Å²) in [5.41, 5.74) is 0.334. The van der Waals surface area contributed by atoms with Crippen LogP contribution in [0.2, 0.25) is 0 Å². The normalized spacial score (nSPS) is 10.9. The van der Waals surface area contributed by atoms with E-state index in [-0.39, 0.29) is 0 Å². The van der Waals surface area contributed by atoms with Crippen molar-refractivity contribution in [3.05, 3.63) is 29.8 Å². The molecule has 0 aliphatic heterocycles. The molecule has 0 unspecified atom stereocenters. The Morgan fingerprint density at radius 3 is 2.53 bits per heavy atom. The summed E-state index contributed by atoms with van der Waals surface area (Å²) in [5, 5.41) is 6.13. The maximum atomic E-state index is 13.2. The number of nitrogens with zero attached hydrogens (tertiary/aromatic N) is 1. The van der Waals surface area contributed by atoms with Gasteiger partial charge in [0.05, 0.1) is 5.69 Å². The smallest absolute Gasteiger partial charge is 0.149 e. The fourth-order valence-electron chi connectivity index (χ4n) is 1.35. The van der Waals surface area contributed by atoms with Crippen LogP contribution in [0.25, 0.3) is 0 Å². The molecule has 3 nitrogen and oxygen atoms in total. The lowest BCUT2D eigenvalue weighted by atomic mass is 10.3. The number of nitrogens with one attached hydrogen (secondary N) is 2. The fourth-order valence-corrected chi connectivity index (χ4v) is 1.35. The number of benzene rings is 1. The van der Waals surface area contributed by atoms with Crippen LogP contribution in [0.3, 0.4) is 0 Å². The van der Waals surface area contributed by atoms with Crippen LogP contribution < -0.4 is 10.6 Å². The Hall–Kier alpha value is -1.20. The minimum absolute atomic E-state index is 0.334. The van der Waals surface area contributed by atoms with Crippen molar-refractivity contribution in [1.29, 1.82) is 0 Å². The highest BCUT2D eigenvalue weighted by atomic mass is 19.1. The van der Waals surface area contributed by atoms with Gasteiger partial charge in [0.1, 0.15) is 11.6 Å². The topological polar surface area (TPSA) is 27.3 Å². The largest absolute Gasteiger partial charge is 0.381 e. The number of hydrogen-bond acceptors (Lipinski definition) is 3. The van der Waals surface area contributed by atoms with Crippen LogP contribution in [-0.4, -0.2) is 45.2 Å². The van der Waals surface area contributed by atoms with Gasteiger partial charge in [0.25, 0.3) is 0 Å². The van der Waals surface area contributed by atoms with Gasteiger partial charge in [-0.1, -0.05) is 0 Å². The Kier molecular flexibility index (Phi) is 5.86.